The van der Waals surface area contributed by atoms with E-state index in [1.165, 1.54) is 44.8 Å². The lowest BCUT2D eigenvalue weighted by molar-refractivity contribution is -0.0266. The molecular weight excluding hydrogens is 538 g/mol. The second-order valence-electron chi connectivity index (χ2n) is 14.9. The minimum Gasteiger partial charge on any atom is -0.493 e. The number of nitrogens with zero attached hydrogens (tertiary/aromatic N) is 2. The molecule has 4 aliphatic carbocycles. The van der Waals surface area contributed by atoms with Crippen LogP contribution in [0.4, 0.5) is 0 Å². The van der Waals surface area contributed by atoms with Crippen molar-refractivity contribution >= 4 is 0 Å². The molecule has 2 fully saturated rings. The number of nitrogens with one attached hydrogen (secondary N) is 1. The second kappa shape index (κ2) is 7.55. The average Bonchev–Trinajstić information content (AvgIpc) is 3.67. The van der Waals surface area contributed by atoms with Gasteiger partial charge >= 0.3 is 0 Å². The Hall–Kier alpha value is -3.16. The minimum absolute atomic E-state index is 0.00781. The topological polar surface area (TPSA) is 59.2 Å². The van der Waals surface area contributed by atoms with Gasteiger partial charge in [-0.2, -0.15) is 0 Å². The Morgan fingerprint density at radius 3 is 1.60 bits per heavy atom. The molecule has 4 bridgehead atoms. The van der Waals surface area contributed by atoms with Crippen molar-refractivity contribution in [1.29, 1.82) is 0 Å². The number of benzene rings is 2. The molecule has 5 heterocycles. The third kappa shape index (κ3) is 2.44. The number of methoxy groups -OCH3 is 2. The molecule has 43 heavy (non-hydrogen) atoms. The molecule has 7 heteroatoms. The van der Waals surface area contributed by atoms with Crippen molar-refractivity contribution in [2.24, 2.45) is 11.8 Å². The maximum atomic E-state index is 7.17. The van der Waals surface area contributed by atoms with Gasteiger partial charge in [-0.1, -0.05) is 12.1 Å². The highest BCUT2D eigenvalue weighted by molar-refractivity contribution is 5.66. The summed E-state index contributed by atoms with van der Waals surface area (Å²) in [5.74, 6) is 4.83. The van der Waals surface area contributed by atoms with Crippen molar-refractivity contribution in [1.82, 2.24) is 14.8 Å². The van der Waals surface area contributed by atoms with Crippen molar-refractivity contribution in [2.75, 3.05) is 41.4 Å². The van der Waals surface area contributed by atoms with E-state index in [1.807, 2.05) is 0 Å². The van der Waals surface area contributed by atoms with E-state index in [4.69, 9.17) is 18.9 Å². The molecule has 1 N–H and O–H groups in total. The van der Waals surface area contributed by atoms with Gasteiger partial charge in [0.1, 0.15) is 12.2 Å². The van der Waals surface area contributed by atoms with Crippen molar-refractivity contribution in [3.63, 3.8) is 0 Å². The summed E-state index contributed by atoms with van der Waals surface area (Å²) in [7, 11) is 8.26. The molecular formula is C36H39N3O4. The highest BCUT2D eigenvalue weighted by Gasteiger charge is 2.69. The summed E-state index contributed by atoms with van der Waals surface area (Å²) >= 11 is 0. The van der Waals surface area contributed by atoms with Crippen LogP contribution in [0.15, 0.2) is 24.3 Å². The van der Waals surface area contributed by atoms with Gasteiger partial charge in [0.15, 0.2) is 23.0 Å². The maximum Gasteiger partial charge on any atom is 0.166 e. The first-order valence-electron chi connectivity index (χ1n) is 16.4. The first-order valence-corrected chi connectivity index (χ1v) is 16.4. The normalized spacial score (nSPS) is 38.3. The SMILES string of the molecule is COc1ccc2c3c1O[C@H]1c4[nH]c5c(c4C[C@H]4[C@@H](C2)N(C)CC[C@]314)C[C@H]1[C@H]2Cc3ccc(OC)c4c3[C@@]1(CCN2C)[C@H]5O4. The molecule has 2 spiro atoms. The van der Waals surface area contributed by atoms with Gasteiger partial charge in [-0.05, 0) is 112 Å². The zero-order chi connectivity index (χ0) is 28.6. The first kappa shape index (κ1) is 24.2. The lowest BCUT2D eigenvalue weighted by Gasteiger charge is -2.58. The predicted molar refractivity (Wildman–Crippen MR) is 161 cm³/mol. The number of piperidine rings is 2. The number of likely N-dealkylation sites (tertiary alicyclic amines) is 2. The van der Waals surface area contributed by atoms with E-state index in [1.54, 1.807) is 14.2 Å². The fourth-order valence-corrected chi connectivity index (χ4v) is 12.1. The van der Waals surface area contributed by atoms with E-state index in [0.29, 0.717) is 23.9 Å². The van der Waals surface area contributed by atoms with Gasteiger partial charge < -0.3 is 33.7 Å². The van der Waals surface area contributed by atoms with Gasteiger partial charge in [0.2, 0.25) is 0 Å². The van der Waals surface area contributed by atoms with Gasteiger partial charge in [0.05, 0.1) is 25.6 Å². The number of H-pyrrole nitrogens is 1. The van der Waals surface area contributed by atoms with Crippen LogP contribution in [0.3, 0.4) is 0 Å². The Bertz CT molecular complexity index is 1650. The number of aromatic amines is 1. The van der Waals surface area contributed by atoms with Crippen LogP contribution in [0, 0.1) is 11.8 Å². The van der Waals surface area contributed by atoms with Crippen molar-refractivity contribution < 1.29 is 18.9 Å². The fourth-order valence-electron chi connectivity index (χ4n) is 12.1. The quantitative estimate of drug-likeness (QED) is 0.479. The molecule has 7 nitrogen and oxygen atoms in total. The van der Waals surface area contributed by atoms with E-state index in [2.05, 4.69) is 53.1 Å². The van der Waals surface area contributed by atoms with Crippen LogP contribution in [0.25, 0.3) is 0 Å². The first-order chi connectivity index (χ1) is 21.0. The maximum absolute atomic E-state index is 7.17. The summed E-state index contributed by atoms with van der Waals surface area (Å²) in [4.78, 5) is 9.41. The summed E-state index contributed by atoms with van der Waals surface area (Å²) in [6.07, 6.45) is 6.63. The largest absolute Gasteiger partial charge is 0.493 e. The third-order valence-electron chi connectivity index (χ3n) is 13.8. The molecule has 0 amide bonds. The van der Waals surface area contributed by atoms with Gasteiger partial charge in [0.25, 0.3) is 0 Å². The van der Waals surface area contributed by atoms with Gasteiger partial charge in [-0.15, -0.1) is 0 Å². The zero-order valence-corrected chi connectivity index (χ0v) is 25.5. The van der Waals surface area contributed by atoms with Crippen LogP contribution in [0.1, 0.15) is 69.8 Å². The standard InChI is InChI=1S/C36H39N3O4/c1-38-11-9-35-21-15-19-20-16-22-24-14-18-6-8-26(41-4)32-28(18)36(22,10-12-39(24)2)34(43-32)30(20)37-29(19)33(35)42-31-25(40-3)7-5-17(27(31)35)13-23(21)38/h5-8,21-24,33-34,37H,9-16H2,1-4H3/t21-,22-,23+,24+,33-,34-,35-,36-/m0/s1. The number of aromatic nitrogens is 1. The number of hydrogen-bond acceptors (Lipinski definition) is 6. The molecule has 0 saturated carbocycles. The lowest BCUT2D eigenvalue weighted by atomic mass is 9.50. The van der Waals surface area contributed by atoms with Gasteiger partial charge in [-0.25, -0.2) is 0 Å². The summed E-state index contributed by atoms with van der Waals surface area (Å²) in [6.45, 7) is 2.21. The van der Waals surface area contributed by atoms with E-state index in [-0.39, 0.29) is 23.0 Å². The summed E-state index contributed by atoms with van der Waals surface area (Å²) in [5.41, 5.74) is 11.5. The molecule has 0 unspecified atom stereocenters. The van der Waals surface area contributed by atoms with Crippen molar-refractivity contribution in [3.05, 3.63) is 69.0 Å². The Labute approximate surface area is 252 Å². The van der Waals surface area contributed by atoms with Crippen LogP contribution in [-0.2, 0) is 36.5 Å². The van der Waals surface area contributed by atoms with Crippen molar-refractivity contribution in [3.8, 4) is 23.0 Å². The Balaban J connectivity index is 1.15. The second-order valence-corrected chi connectivity index (χ2v) is 14.9. The predicted octanol–water partition coefficient (Wildman–Crippen LogP) is 4.64. The molecule has 222 valence electrons. The molecule has 8 aliphatic rings. The lowest BCUT2D eigenvalue weighted by Crippen LogP contribution is -2.62. The van der Waals surface area contributed by atoms with Gasteiger partial charge in [-0.3, -0.25) is 0 Å². The smallest absolute Gasteiger partial charge is 0.166 e. The van der Waals surface area contributed by atoms with Crippen LogP contribution >= 0.6 is 0 Å². The Morgan fingerprint density at radius 1 is 0.698 bits per heavy atom. The summed E-state index contributed by atoms with van der Waals surface area (Å²) < 4.78 is 26.2. The molecule has 1 aromatic heterocycles. The highest BCUT2D eigenvalue weighted by atomic mass is 16.5. The Kier molecular flexibility index (Phi) is 4.25. The van der Waals surface area contributed by atoms with E-state index >= 15 is 0 Å². The summed E-state index contributed by atoms with van der Waals surface area (Å²) in [5, 5.41) is 0. The Morgan fingerprint density at radius 2 is 1.16 bits per heavy atom. The molecule has 11 rings (SSSR count). The molecule has 4 aliphatic heterocycles. The van der Waals surface area contributed by atoms with Crippen LogP contribution in [0.2, 0.25) is 0 Å². The van der Waals surface area contributed by atoms with Crippen LogP contribution < -0.4 is 18.9 Å². The average molecular weight is 578 g/mol. The number of hydrogen-bond donors (Lipinski definition) is 1. The zero-order valence-electron chi connectivity index (χ0n) is 25.5. The summed E-state index contributed by atoms with van der Waals surface area (Å²) in [6, 6.07) is 9.95. The third-order valence-corrected chi connectivity index (χ3v) is 13.8. The number of likely N-dealkylation sites (N-methyl/N-ethyl adjacent to an activating group) is 2. The van der Waals surface area contributed by atoms with Crippen LogP contribution in [-0.4, -0.2) is 68.3 Å². The van der Waals surface area contributed by atoms with Crippen molar-refractivity contribution in [2.45, 2.75) is 73.6 Å². The van der Waals surface area contributed by atoms with E-state index in [9.17, 15) is 0 Å². The fraction of sp³-hybridized carbons (Fsp3) is 0.556. The van der Waals surface area contributed by atoms with E-state index < -0.39 is 0 Å². The van der Waals surface area contributed by atoms with Gasteiger partial charge in [0, 0.05) is 34.0 Å². The molecule has 2 saturated heterocycles. The molecule has 0 radical (unpaired) electrons. The minimum atomic E-state index is -0.0103. The molecule has 8 atom stereocenters. The van der Waals surface area contributed by atoms with Crippen LogP contribution in [0.5, 0.6) is 23.0 Å². The van der Waals surface area contributed by atoms with E-state index in [0.717, 1.165) is 74.6 Å². The molecule has 2 aromatic carbocycles. The highest BCUT2D eigenvalue weighted by Crippen LogP contribution is 2.71. The number of rotatable bonds is 2. The molecule has 3 aromatic rings. The number of ether oxygens (including phenoxy) is 4. The monoisotopic (exact) mass is 577 g/mol. The number of fused-ring (bicyclic) bond motifs is 5.